The van der Waals surface area contributed by atoms with E-state index in [1.54, 1.807) is 6.07 Å². The van der Waals surface area contributed by atoms with Crippen molar-refractivity contribution in [3.05, 3.63) is 64.4 Å². The molecule has 0 saturated carbocycles. The molecule has 8 heteroatoms. The first kappa shape index (κ1) is 19.2. The fourth-order valence-electron chi connectivity index (χ4n) is 4.01. The zero-order valence-corrected chi connectivity index (χ0v) is 16.9. The number of carbonyl (C=O) groups excluding carboxylic acids is 1. The minimum Gasteiger partial charge on any atom is -0.314 e. The number of fused-ring (bicyclic) bond motifs is 1. The van der Waals surface area contributed by atoms with Crippen molar-refractivity contribution in [2.75, 3.05) is 16.4 Å². The Hall–Kier alpha value is -2.12. The second-order valence-electron chi connectivity index (χ2n) is 7.21. The molecule has 0 unspecified atom stereocenters. The summed E-state index contributed by atoms with van der Waals surface area (Å²) >= 11 is 6.13. The molecule has 2 aliphatic heterocycles. The van der Waals surface area contributed by atoms with Crippen LogP contribution in [-0.2, 0) is 22.8 Å². The number of nitrogens with zero attached hydrogens (tertiary/aromatic N) is 2. The van der Waals surface area contributed by atoms with Crippen molar-refractivity contribution in [3.63, 3.8) is 0 Å². The Morgan fingerprint density at radius 3 is 2.43 bits per heavy atom. The van der Waals surface area contributed by atoms with Gasteiger partial charge in [0.2, 0.25) is 0 Å². The molecule has 0 aromatic heterocycles. The number of halogens is 2. The highest BCUT2D eigenvalue weighted by molar-refractivity contribution is 7.91. The number of hydrogen-bond acceptors (Lipinski definition) is 3. The number of sulfone groups is 1. The maximum atomic E-state index is 14.3. The number of benzene rings is 2. The molecule has 0 radical (unpaired) electrons. The fraction of sp³-hybridized carbons (Fsp3) is 0.350. The van der Waals surface area contributed by atoms with Crippen LogP contribution < -0.4 is 4.90 Å². The Kier molecular flexibility index (Phi) is 4.83. The first-order valence-corrected chi connectivity index (χ1v) is 11.3. The number of hydrogen-bond donors (Lipinski definition) is 0. The molecule has 2 heterocycles. The van der Waals surface area contributed by atoms with Gasteiger partial charge in [-0.25, -0.2) is 17.6 Å². The van der Waals surface area contributed by atoms with E-state index in [0.717, 1.165) is 12.0 Å². The summed E-state index contributed by atoms with van der Waals surface area (Å²) in [6.07, 6.45) is 0.868. The summed E-state index contributed by atoms with van der Waals surface area (Å²) in [5.74, 6) is -0.733. The van der Waals surface area contributed by atoms with Gasteiger partial charge in [-0.15, -0.1) is 0 Å². The summed E-state index contributed by atoms with van der Waals surface area (Å²) in [7, 11) is -3.29. The minimum absolute atomic E-state index is 0.0649. The van der Waals surface area contributed by atoms with Crippen molar-refractivity contribution in [2.45, 2.75) is 32.0 Å². The molecule has 5 nitrogen and oxygen atoms in total. The smallest absolute Gasteiger partial charge is 0.314 e. The number of amides is 2. The molecular formula is C20H20ClFN2O3S. The van der Waals surface area contributed by atoms with Crippen LogP contribution >= 0.6 is 11.6 Å². The average Bonchev–Trinajstić information content (AvgIpc) is 3.08. The average molecular weight is 423 g/mol. The highest BCUT2D eigenvalue weighted by Gasteiger charge is 2.54. The molecule has 0 aliphatic carbocycles. The lowest BCUT2D eigenvalue weighted by atomic mass is 10.1. The second-order valence-corrected chi connectivity index (χ2v) is 9.77. The van der Waals surface area contributed by atoms with Crippen LogP contribution in [0.5, 0.6) is 0 Å². The predicted octanol–water partition coefficient (Wildman–Crippen LogP) is 3.65. The maximum Gasteiger partial charge on any atom is 0.325 e. The van der Waals surface area contributed by atoms with Crippen LogP contribution in [-0.4, -0.2) is 42.9 Å². The third-order valence-corrected chi connectivity index (χ3v) is 7.54. The van der Waals surface area contributed by atoms with E-state index in [9.17, 15) is 17.6 Å². The van der Waals surface area contributed by atoms with E-state index < -0.39 is 27.7 Å². The zero-order chi connectivity index (χ0) is 20.1. The Morgan fingerprint density at radius 2 is 1.79 bits per heavy atom. The van der Waals surface area contributed by atoms with Gasteiger partial charge in [-0.3, -0.25) is 4.90 Å². The van der Waals surface area contributed by atoms with E-state index in [2.05, 4.69) is 0 Å². The standard InChI is InChI=1S/C20H20ClFN2O3S/c1-2-13-6-8-14(9-7-13)24-19-12-28(26,27)11-18(19)23(20(24)25)10-15-16(21)4-3-5-17(15)22/h3-9,18-19H,2,10-12H2,1H3/t18-,19-/m0/s1. The summed E-state index contributed by atoms with van der Waals surface area (Å²) < 4.78 is 38.9. The van der Waals surface area contributed by atoms with Gasteiger partial charge in [0.25, 0.3) is 0 Å². The number of urea groups is 1. The van der Waals surface area contributed by atoms with Gasteiger partial charge in [-0.05, 0) is 36.2 Å². The molecule has 2 aliphatic rings. The van der Waals surface area contributed by atoms with E-state index in [4.69, 9.17) is 11.6 Å². The Morgan fingerprint density at radius 1 is 1.11 bits per heavy atom. The normalized spacial score (nSPS) is 23.3. The number of anilines is 1. The lowest BCUT2D eigenvalue weighted by Crippen LogP contribution is -2.37. The van der Waals surface area contributed by atoms with Gasteiger partial charge in [0, 0.05) is 16.3 Å². The van der Waals surface area contributed by atoms with E-state index in [-0.39, 0.29) is 34.7 Å². The first-order valence-electron chi connectivity index (χ1n) is 9.13. The number of aryl methyl sites for hydroxylation is 1. The van der Waals surface area contributed by atoms with Gasteiger partial charge in [0.1, 0.15) is 5.82 Å². The lowest BCUT2D eigenvalue weighted by molar-refractivity contribution is 0.205. The molecule has 4 rings (SSSR count). The molecule has 0 bridgehead atoms. The Bertz CT molecular complexity index is 1010. The molecular weight excluding hydrogens is 403 g/mol. The molecule has 2 aromatic rings. The Balaban J connectivity index is 1.72. The van der Waals surface area contributed by atoms with Crippen molar-refractivity contribution < 1.29 is 17.6 Å². The molecule has 2 aromatic carbocycles. The summed E-state index contributed by atoms with van der Waals surface area (Å²) in [5, 5.41) is 0.218. The van der Waals surface area contributed by atoms with Crippen molar-refractivity contribution in [1.29, 1.82) is 0 Å². The van der Waals surface area contributed by atoms with Crippen LogP contribution in [0.3, 0.4) is 0 Å². The van der Waals surface area contributed by atoms with E-state index >= 15 is 0 Å². The molecule has 2 saturated heterocycles. The third-order valence-electron chi connectivity index (χ3n) is 5.49. The minimum atomic E-state index is -3.29. The predicted molar refractivity (Wildman–Crippen MR) is 107 cm³/mol. The van der Waals surface area contributed by atoms with Crippen LogP contribution in [0.4, 0.5) is 14.9 Å². The van der Waals surface area contributed by atoms with Gasteiger partial charge in [0.05, 0.1) is 30.1 Å². The maximum absolute atomic E-state index is 14.3. The topological polar surface area (TPSA) is 57.7 Å². The second kappa shape index (κ2) is 7.04. The zero-order valence-electron chi connectivity index (χ0n) is 15.3. The van der Waals surface area contributed by atoms with Gasteiger partial charge in [-0.1, -0.05) is 36.7 Å². The molecule has 0 N–H and O–H groups in total. The molecule has 2 atom stereocenters. The van der Waals surface area contributed by atoms with Crippen LogP contribution in [0.25, 0.3) is 0 Å². The van der Waals surface area contributed by atoms with Crippen molar-refractivity contribution in [1.82, 2.24) is 4.90 Å². The van der Waals surface area contributed by atoms with Gasteiger partial charge < -0.3 is 4.90 Å². The molecule has 0 spiro atoms. The third kappa shape index (κ3) is 3.26. The van der Waals surface area contributed by atoms with Crippen LogP contribution in [0, 0.1) is 5.82 Å². The molecule has 28 heavy (non-hydrogen) atoms. The molecule has 2 fully saturated rings. The largest absolute Gasteiger partial charge is 0.325 e. The fourth-order valence-corrected chi connectivity index (χ4v) is 6.18. The SMILES string of the molecule is CCc1ccc(N2C(=O)N(Cc3c(F)cccc3Cl)[C@H]3CS(=O)(=O)C[C@@H]32)cc1. The molecule has 2 amide bonds. The summed E-state index contributed by atoms with van der Waals surface area (Å²) in [4.78, 5) is 16.2. The number of carbonyl (C=O) groups is 1. The quantitative estimate of drug-likeness (QED) is 0.707. The van der Waals surface area contributed by atoms with Crippen LogP contribution in [0.1, 0.15) is 18.1 Å². The Labute approximate surface area is 168 Å². The van der Waals surface area contributed by atoms with Crippen molar-refractivity contribution in [3.8, 4) is 0 Å². The van der Waals surface area contributed by atoms with Gasteiger partial charge in [0.15, 0.2) is 9.84 Å². The summed E-state index contributed by atoms with van der Waals surface area (Å²) in [5.41, 5.74) is 1.97. The lowest BCUT2D eigenvalue weighted by Gasteiger charge is -2.23. The van der Waals surface area contributed by atoms with Gasteiger partial charge in [-0.2, -0.15) is 0 Å². The summed E-state index contributed by atoms with van der Waals surface area (Å²) in [6.45, 7) is 1.97. The first-order chi connectivity index (χ1) is 13.3. The monoisotopic (exact) mass is 422 g/mol. The highest BCUT2D eigenvalue weighted by atomic mass is 35.5. The van der Waals surface area contributed by atoms with E-state index in [0.29, 0.717) is 5.69 Å². The van der Waals surface area contributed by atoms with Crippen molar-refractivity contribution >= 4 is 33.2 Å². The van der Waals surface area contributed by atoms with E-state index in [1.807, 2.05) is 31.2 Å². The summed E-state index contributed by atoms with van der Waals surface area (Å²) in [6, 6.07) is 10.5. The van der Waals surface area contributed by atoms with Gasteiger partial charge >= 0.3 is 6.03 Å². The van der Waals surface area contributed by atoms with Crippen LogP contribution in [0.15, 0.2) is 42.5 Å². The highest BCUT2D eigenvalue weighted by Crippen LogP contribution is 2.37. The van der Waals surface area contributed by atoms with Crippen molar-refractivity contribution in [2.24, 2.45) is 0 Å². The number of rotatable bonds is 4. The molecule has 148 valence electrons. The van der Waals surface area contributed by atoms with Crippen LogP contribution in [0.2, 0.25) is 5.02 Å². The van der Waals surface area contributed by atoms with E-state index in [1.165, 1.54) is 21.9 Å².